The Labute approximate surface area is 389 Å². The first-order valence-electron chi connectivity index (χ1n) is 24.8. The number of pyridine rings is 1. The van der Waals surface area contributed by atoms with Crippen molar-refractivity contribution in [3.8, 4) is 62.1 Å². The van der Waals surface area contributed by atoms with Crippen molar-refractivity contribution >= 4 is 32.8 Å². The van der Waals surface area contributed by atoms with E-state index in [0.717, 1.165) is 50.7 Å². The van der Waals surface area contributed by atoms with Crippen LogP contribution in [0.25, 0.3) is 83.4 Å². The molecule has 0 saturated carbocycles. The first kappa shape index (κ1) is 29.0. The van der Waals surface area contributed by atoms with Crippen molar-refractivity contribution in [2.75, 3.05) is 0 Å². The second kappa shape index (κ2) is 16.6. The summed E-state index contributed by atoms with van der Waals surface area (Å²) in [5.41, 5.74) is 6.43. The van der Waals surface area contributed by atoms with Crippen LogP contribution in [0.15, 0.2) is 200 Å². The largest absolute Gasteiger partial charge is 0.510 e. The van der Waals surface area contributed by atoms with E-state index < -0.39 is 60.4 Å². The Balaban J connectivity index is 0.00000596. The van der Waals surface area contributed by atoms with E-state index >= 15 is 0 Å². The quantitative estimate of drug-likeness (QED) is 0.107. The van der Waals surface area contributed by atoms with E-state index in [2.05, 4.69) is 48.1 Å². The van der Waals surface area contributed by atoms with Gasteiger partial charge in [-0.05, 0) is 80.7 Å². The number of hydrogen-bond acceptors (Lipinski definition) is 2. The van der Waals surface area contributed by atoms with Gasteiger partial charge in [-0.3, -0.25) is 4.57 Å². The molecular formula is C56H38N4OPt-2. The molecule has 3 aromatic heterocycles. The number of nitrogens with zero attached hydrogens (tertiary/aromatic N) is 4. The Kier molecular flexibility index (Phi) is 7.77. The zero-order valence-corrected chi connectivity index (χ0v) is 35.3. The number of rotatable bonds is 9. The van der Waals surface area contributed by atoms with Gasteiger partial charge in [-0.15, -0.1) is 29.7 Å². The van der Waals surface area contributed by atoms with E-state index in [1.54, 1.807) is 33.4 Å². The fourth-order valence-electron chi connectivity index (χ4n) is 7.94. The van der Waals surface area contributed by atoms with Gasteiger partial charge in [0.2, 0.25) is 0 Å². The fourth-order valence-corrected chi connectivity index (χ4v) is 7.94. The molecule has 8 aromatic carbocycles. The molecule has 6 heteroatoms. The van der Waals surface area contributed by atoms with Crippen LogP contribution in [0.3, 0.4) is 0 Å². The zero-order valence-electron chi connectivity index (χ0n) is 43.0. The summed E-state index contributed by atoms with van der Waals surface area (Å²) in [4.78, 5) is 4.75. The summed E-state index contributed by atoms with van der Waals surface area (Å²) in [6.45, 7) is 2.11. The number of fused-ring (bicyclic) bond motifs is 4. The summed E-state index contributed by atoms with van der Waals surface area (Å²) in [5.74, 6) is 1.55. The molecule has 62 heavy (non-hydrogen) atoms. The Bertz CT molecular complexity index is 3840. The van der Waals surface area contributed by atoms with Gasteiger partial charge in [0.1, 0.15) is 5.82 Å². The fraction of sp³-hybridized carbons (Fsp3) is 0.0357. The SMILES string of the molecule is [2H]c1c([2H])c([2H])c(-c2cccc(-c3c([2H])c([2H])c([2H])c([2H])c3[2H])c2-[n+]2[c-]n(-c3[c-]c(Oc4[c-]c5c(cc4)c4ccccc4n5-c4cc(CC)ccn4)ccc3)c3cc(-c4ccccc4)ccc32)c([2H])c1[2H].[Pt]. The minimum Gasteiger partial charge on any atom is -0.510 e. The Morgan fingerprint density at radius 1 is 0.613 bits per heavy atom. The number of hydrogen-bond donors (Lipinski definition) is 0. The van der Waals surface area contributed by atoms with Crippen molar-refractivity contribution < 1.29 is 44.1 Å². The van der Waals surface area contributed by atoms with Gasteiger partial charge in [0.25, 0.3) is 6.33 Å². The normalized spacial score (nSPS) is 13.5. The summed E-state index contributed by atoms with van der Waals surface area (Å²) in [6.07, 6.45) is 6.13. The molecule has 0 radical (unpaired) electrons. The van der Waals surface area contributed by atoms with Gasteiger partial charge in [-0.1, -0.05) is 152 Å². The van der Waals surface area contributed by atoms with Crippen LogP contribution in [0.2, 0.25) is 0 Å². The number of ether oxygens (including phenoxy) is 1. The molecule has 0 saturated heterocycles. The predicted molar refractivity (Wildman–Crippen MR) is 246 cm³/mol. The molecule has 11 rings (SSSR count). The molecule has 0 aliphatic heterocycles. The van der Waals surface area contributed by atoms with Crippen molar-refractivity contribution in [1.82, 2.24) is 14.1 Å². The van der Waals surface area contributed by atoms with Crippen LogP contribution < -0.4 is 9.30 Å². The van der Waals surface area contributed by atoms with Crippen molar-refractivity contribution in [2.45, 2.75) is 13.3 Å². The van der Waals surface area contributed by atoms with Crippen LogP contribution in [0.4, 0.5) is 0 Å². The topological polar surface area (TPSA) is 35.9 Å². The maximum atomic E-state index is 9.09. The molecule has 0 aliphatic rings. The van der Waals surface area contributed by atoms with E-state index in [0.29, 0.717) is 28.2 Å². The van der Waals surface area contributed by atoms with Gasteiger partial charge < -0.3 is 13.9 Å². The van der Waals surface area contributed by atoms with Gasteiger partial charge >= 0.3 is 0 Å². The summed E-state index contributed by atoms with van der Waals surface area (Å²) in [5, 5.41) is 2.03. The number of aromatic nitrogens is 4. The van der Waals surface area contributed by atoms with Crippen LogP contribution in [0.5, 0.6) is 11.5 Å². The number of imidazole rings is 1. The van der Waals surface area contributed by atoms with Crippen molar-refractivity contribution in [1.29, 1.82) is 0 Å². The van der Waals surface area contributed by atoms with E-state index in [4.69, 9.17) is 23.4 Å². The standard InChI is InChI=1S/C56H38N4O.Pt/c1-2-39-32-33-57-55(34-39)60-51-27-13-12-24-49(51)50-30-29-46(37-53(50)60)61-45-23-14-22-44(36-45)58-38-59(52-31-28-43(35-54(52)58)40-16-6-3-7-17-40)56-47(41-18-8-4-9-19-41)25-15-26-48(56)42-20-10-5-11-21-42;/h3-35H,2H2,1H3;/q-2;/i4D,5D,8D,9D,10D,11D,18D,19D,20D,21D;. The van der Waals surface area contributed by atoms with E-state index in [1.165, 1.54) is 0 Å². The van der Waals surface area contributed by atoms with Gasteiger partial charge in [0.05, 0.1) is 30.4 Å². The molecule has 0 fully saturated rings. The Morgan fingerprint density at radius 2 is 1.32 bits per heavy atom. The monoisotopic (exact) mass is 987 g/mol. The van der Waals surface area contributed by atoms with Crippen LogP contribution in [-0.4, -0.2) is 14.1 Å². The third kappa shape index (κ3) is 7.01. The molecule has 0 bridgehead atoms. The minimum absolute atomic E-state index is 0. The van der Waals surface area contributed by atoms with Crippen molar-refractivity contribution in [3.63, 3.8) is 0 Å². The number of para-hydroxylation sites is 2. The third-order valence-electron chi connectivity index (χ3n) is 10.8. The molecule has 3 heterocycles. The molecule has 5 nitrogen and oxygen atoms in total. The average molecular weight is 988 g/mol. The van der Waals surface area contributed by atoms with Gasteiger partial charge in [0.15, 0.2) is 0 Å². The van der Waals surface area contributed by atoms with Gasteiger partial charge in [-0.2, -0.15) is 18.2 Å². The third-order valence-corrected chi connectivity index (χ3v) is 10.8. The van der Waals surface area contributed by atoms with Crippen LogP contribution >= 0.6 is 0 Å². The molecule has 0 aliphatic carbocycles. The molecule has 0 spiro atoms. The van der Waals surface area contributed by atoms with E-state index in [-0.39, 0.29) is 49.0 Å². The van der Waals surface area contributed by atoms with E-state index in [1.807, 2.05) is 97.2 Å². The summed E-state index contributed by atoms with van der Waals surface area (Å²) >= 11 is 0. The maximum Gasteiger partial charge on any atom is 0.268 e. The maximum absolute atomic E-state index is 9.09. The first-order valence-corrected chi connectivity index (χ1v) is 19.8. The number of benzene rings is 8. The van der Waals surface area contributed by atoms with Gasteiger partial charge in [0, 0.05) is 44.3 Å². The predicted octanol–water partition coefficient (Wildman–Crippen LogP) is 13.2. The summed E-state index contributed by atoms with van der Waals surface area (Å²) in [6, 6.07) is 43.5. The van der Waals surface area contributed by atoms with Gasteiger partial charge in [-0.25, -0.2) is 4.98 Å². The minimum atomic E-state index is -0.576. The molecule has 300 valence electrons. The van der Waals surface area contributed by atoms with Crippen molar-refractivity contribution in [2.24, 2.45) is 0 Å². The molecule has 11 aromatic rings. The second-order valence-electron chi connectivity index (χ2n) is 14.4. The molecule has 0 N–H and O–H groups in total. The van der Waals surface area contributed by atoms with Crippen molar-refractivity contribution in [3.05, 3.63) is 224 Å². The van der Waals surface area contributed by atoms with Crippen LogP contribution in [-0.2, 0) is 27.5 Å². The zero-order chi connectivity index (χ0) is 49.4. The summed E-state index contributed by atoms with van der Waals surface area (Å²) < 4.78 is 99.7. The smallest absolute Gasteiger partial charge is 0.268 e. The molecule has 0 amide bonds. The molecule has 0 unspecified atom stereocenters. The first-order chi connectivity index (χ1) is 34.3. The summed E-state index contributed by atoms with van der Waals surface area (Å²) in [7, 11) is 0. The van der Waals surface area contributed by atoms with Crippen LogP contribution in [0.1, 0.15) is 26.2 Å². The van der Waals surface area contributed by atoms with Crippen LogP contribution in [0, 0.1) is 18.5 Å². The molecular weight excluding hydrogens is 940 g/mol. The Hall–Kier alpha value is -7.33. The molecule has 0 atom stereocenters. The van der Waals surface area contributed by atoms with E-state index in [9.17, 15) is 0 Å². The Morgan fingerprint density at radius 3 is 2.08 bits per heavy atom. The number of aryl methyl sites for hydroxylation is 1. The second-order valence-corrected chi connectivity index (χ2v) is 14.4. The average Bonchev–Trinajstić information content (AvgIpc) is 3.94.